The molecule has 414 valence electrons. The maximum absolute atomic E-state index is 14.3. The van der Waals surface area contributed by atoms with E-state index >= 15 is 0 Å². The third-order valence-electron chi connectivity index (χ3n) is 12.5. The third kappa shape index (κ3) is 18.4. The lowest BCUT2D eigenvalue weighted by Crippen LogP contribution is -2.61. The van der Waals surface area contributed by atoms with Gasteiger partial charge in [0.15, 0.2) is 0 Å². The van der Waals surface area contributed by atoms with Crippen LogP contribution < -0.4 is 42.8 Å². The largest absolute Gasteiger partial charge is 0.508 e. The molecular formula is C55H65N9O14. The Morgan fingerprint density at radius 3 is 1.56 bits per heavy atom. The highest BCUT2D eigenvalue weighted by Gasteiger charge is 2.34. The molecule has 1 heterocycles. The number of hydrogen-bond acceptors (Lipinski definition) is 13. The van der Waals surface area contributed by atoms with Crippen molar-refractivity contribution in [1.82, 2.24) is 47.3 Å². The number of nitrogens with zero attached hydrogens (tertiary/aromatic N) is 1. The predicted octanol–water partition coefficient (Wildman–Crippen LogP) is 1.50. The van der Waals surface area contributed by atoms with Crippen LogP contribution in [0.5, 0.6) is 5.75 Å². The number of hydrazine groups is 1. The van der Waals surface area contributed by atoms with E-state index in [9.17, 15) is 68.4 Å². The minimum atomic E-state index is -1.78. The van der Waals surface area contributed by atoms with Crippen molar-refractivity contribution in [1.29, 1.82) is 0 Å². The van der Waals surface area contributed by atoms with Crippen molar-refractivity contribution in [2.24, 2.45) is 0 Å². The number of fused-ring (bicyclic) bond motifs is 1. The maximum atomic E-state index is 14.3. The van der Waals surface area contributed by atoms with Crippen molar-refractivity contribution in [2.75, 3.05) is 6.54 Å². The number of phenols is 1. The van der Waals surface area contributed by atoms with Gasteiger partial charge in [0.2, 0.25) is 41.4 Å². The molecule has 5 aromatic rings. The van der Waals surface area contributed by atoms with E-state index in [1.807, 2.05) is 6.92 Å². The number of benzene rings is 4. The summed E-state index contributed by atoms with van der Waals surface area (Å²) >= 11 is 0. The van der Waals surface area contributed by atoms with Crippen LogP contribution in [-0.4, -0.2) is 133 Å². The van der Waals surface area contributed by atoms with E-state index in [0.29, 0.717) is 46.0 Å². The molecule has 0 spiro atoms. The van der Waals surface area contributed by atoms with Crippen LogP contribution >= 0.6 is 0 Å². The number of hydrogen-bond donors (Lipinski definition) is 12. The zero-order valence-corrected chi connectivity index (χ0v) is 43.2. The van der Waals surface area contributed by atoms with Gasteiger partial charge in [0.1, 0.15) is 48.0 Å². The summed E-state index contributed by atoms with van der Waals surface area (Å²) in [6, 6.07) is 20.0. The highest BCUT2D eigenvalue weighted by molar-refractivity contribution is 5.97. The Labute approximate surface area is 448 Å². The molecule has 7 unspecified atom stereocenters. The number of aliphatic carboxylic acids is 3. The number of amides is 6. The van der Waals surface area contributed by atoms with Gasteiger partial charge in [-0.25, -0.2) is 20.4 Å². The number of phenolic OH excluding ortho intramolecular Hbond substituents is 1. The Morgan fingerprint density at radius 1 is 0.526 bits per heavy atom. The van der Waals surface area contributed by atoms with Gasteiger partial charge in [0.25, 0.3) is 0 Å². The number of unbranched alkanes of at least 4 members (excludes halogenated alkanes) is 1. The SMILES string of the molecule is CCCCC(NC(=O)C(CC(=O)O)NC(=O)C(Cc1ccccc1)NNC(Cc1ccccc1)C(=O)NCC(=O)NC(C)C(=O)NC(Cc1ccc(O)cc1)C(=O)O)C(=O)NC(Cc1cn(C(C)=O)c2ccccc12)C(=O)O. The number of aromatic nitrogens is 1. The Morgan fingerprint density at radius 2 is 1.00 bits per heavy atom. The molecule has 0 fully saturated rings. The average Bonchev–Trinajstić information content (AvgIpc) is 3.81. The Kier molecular flexibility index (Phi) is 22.6. The molecule has 0 saturated heterocycles. The summed E-state index contributed by atoms with van der Waals surface area (Å²) in [6.45, 7) is 3.85. The number of carboxylic acids is 3. The molecule has 7 atom stereocenters. The number of carboxylic acid groups (broad SMARTS) is 3. The van der Waals surface area contributed by atoms with Crippen LogP contribution in [0, 0.1) is 0 Å². The van der Waals surface area contributed by atoms with Gasteiger partial charge in [-0.15, -0.1) is 0 Å². The second-order valence-electron chi connectivity index (χ2n) is 18.6. The molecule has 1 aromatic heterocycles. The van der Waals surface area contributed by atoms with Gasteiger partial charge in [-0.1, -0.05) is 111 Å². The molecule has 4 aromatic carbocycles. The summed E-state index contributed by atoms with van der Waals surface area (Å²) in [6.07, 6.45) is 1.07. The lowest BCUT2D eigenvalue weighted by Gasteiger charge is -2.27. The average molecular weight is 1080 g/mol. The van der Waals surface area contributed by atoms with Crippen molar-refractivity contribution < 1.29 is 68.4 Å². The number of nitrogens with one attached hydrogen (secondary N) is 8. The summed E-state index contributed by atoms with van der Waals surface area (Å²) in [5.74, 6) is -9.80. The van der Waals surface area contributed by atoms with Crippen molar-refractivity contribution >= 4 is 70.2 Å². The molecule has 0 aliphatic heterocycles. The Balaban J connectivity index is 1.28. The maximum Gasteiger partial charge on any atom is 0.326 e. The lowest BCUT2D eigenvalue weighted by atomic mass is 10.0. The summed E-state index contributed by atoms with van der Waals surface area (Å²) < 4.78 is 1.37. The molecular weight excluding hydrogens is 1010 g/mol. The van der Waals surface area contributed by atoms with Gasteiger partial charge in [-0.05, 0) is 66.6 Å². The molecule has 0 aliphatic rings. The fourth-order valence-corrected chi connectivity index (χ4v) is 8.30. The second kappa shape index (κ2) is 29.4. The molecule has 0 aliphatic carbocycles. The van der Waals surface area contributed by atoms with Gasteiger partial charge in [0.05, 0.1) is 18.5 Å². The van der Waals surface area contributed by atoms with Crippen LogP contribution in [-0.2, 0) is 68.8 Å². The van der Waals surface area contributed by atoms with E-state index in [2.05, 4.69) is 42.8 Å². The van der Waals surface area contributed by atoms with E-state index in [0.717, 1.165) is 0 Å². The molecule has 6 amide bonds. The number of carbonyl (C=O) groups excluding carboxylic acids is 7. The van der Waals surface area contributed by atoms with Crippen molar-refractivity contribution in [3.05, 3.63) is 138 Å². The van der Waals surface area contributed by atoms with Crippen LogP contribution in [0.25, 0.3) is 10.9 Å². The highest BCUT2D eigenvalue weighted by Crippen LogP contribution is 2.23. The monoisotopic (exact) mass is 1080 g/mol. The van der Waals surface area contributed by atoms with E-state index in [1.54, 1.807) is 84.9 Å². The highest BCUT2D eigenvalue weighted by atomic mass is 16.4. The third-order valence-corrected chi connectivity index (χ3v) is 12.5. The first-order chi connectivity index (χ1) is 37.2. The van der Waals surface area contributed by atoms with Crippen LogP contribution in [0.1, 0.15) is 73.5 Å². The quantitative estimate of drug-likeness (QED) is 0.0290. The van der Waals surface area contributed by atoms with Gasteiger partial charge in [-0.2, -0.15) is 0 Å². The number of aromatic hydroxyl groups is 1. The summed E-state index contributed by atoms with van der Waals surface area (Å²) in [7, 11) is 0. The van der Waals surface area contributed by atoms with Crippen LogP contribution in [0.4, 0.5) is 0 Å². The Bertz CT molecular complexity index is 2920. The Hall–Kier alpha value is -8.96. The number of carbonyl (C=O) groups is 10. The van der Waals surface area contributed by atoms with E-state index in [-0.39, 0.29) is 43.8 Å². The van der Waals surface area contributed by atoms with Crippen LogP contribution in [0.15, 0.2) is 115 Å². The van der Waals surface area contributed by atoms with Crippen LogP contribution in [0.2, 0.25) is 0 Å². The minimum Gasteiger partial charge on any atom is -0.508 e. The van der Waals surface area contributed by atoms with E-state index in [4.69, 9.17) is 0 Å². The molecule has 78 heavy (non-hydrogen) atoms. The van der Waals surface area contributed by atoms with Crippen molar-refractivity contribution in [3.63, 3.8) is 0 Å². The predicted molar refractivity (Wildman–Crippen MR) is 283 cm³/mol. The van der Waals surface area contributed by atoms with Crippen LogP contribution in [0.3, 0.4) is 0 Å². The first kappa shape index (κ1) is 59.9. The zero-order valence-electron chi connectivity index (χ0n) is 43.2. The lowest BCUT2D eigenvalue weighted by molar-refractivity contribution is -0.143. The second-order valence-corrected chi connectivity index (χ2v) is 18.6. The fourth-order valence-electron chi connectivity index (χ4n) is 8.30. The standard InChI is InChI=1S/C55H65N9O14/c1-4-5-19-40(51(72)61-45(55(77)78)28-37-31-64(33(3)65)46-20-13-12-18-39(37)46)58-52(73)41(29-48(68)69)59-53(74)43(26-35-16-10-7-11-17-35)63-62-42(25-34-14-8-6-9-15-34)50(71)56-30-47(67)57-32(2)49(70)60-44(54(75)76)27-36-21-23-38(66)24-22-36/h6-18,20-24,31-32,40-45,62-63,66H,4-5,19,25-30H2,1-3H3,(H,56,71)(H,57,67)(H,58,73)(H,59,74)(H,60,70)(H,61,72)(H,68,69)(H,75,76)(H,77,78). The molecule has 0 saturated carbocycles. The summed E-state index contributed by atoms with van der Waals surface area (Å²) in [5.41, 5.74) is 8.49. The first-order valence-electron chi connectivity index (χ1n) is 25.2. The van der Waals surface area contributed by atoms with Gasteiger partial charge >= 0.3 is 17.9 Å². The zero-order chi connectivity index (χ0) is 56.9. The molecule has 0 bridgehead atoms. The van der Waals surface area contributed by atoms with Crippen molar-refractivity contribution in [2.45, 2.75) is 114 Å². The number of rotatable bonds is 30. The first-order valence-corrected chi connectivity index (χ1v) is 25.2. The summed E-state index contributed by atoms with van der Waals surface area (Å²) in [5, 5.41) is 54.8. The molecule has 12 N–H and O–H groups in total. The minimum absolute atomic E-state index is 0.00682. The van der Waals surface area contributed by atoms with Gasteiger partial charge in [-0.3, -0.25) is 42.9 Å². The van der Waals surface area contributed by atoms with Crippen molar-refractivity contribution in [3.8, 4) is 5.75 Å². The smallest absolute Gasteiger partial charge is 0.326 e. The molecule has 23 nitrogen and oxygen atoms in total. The fraction of sp³-hybridized carbons (Fsp3) is 0.345. The topological polar surface area (TPSA) is 353 Å². The van der Waals surface area contributed by atoms with E-state index in [1.165, 1.54) is 48.9 Å². The van der Waals surface area contributed by atoms with Gasteiger partial charge in [0, 0.05) is 31.3 Å². The normalized spacial score (nSPS) is 13.7. The van der Waals surface area contributed by atoms with Gasteiger partial charge < -0.3 is 52.3 Å². The summed E-state index contributed by atoms with van der Waals surface area (Å²) in [4.78, 5) is 131. The molecule has 23 heteroatoms. The number of para-hydroxylation sites is 1. The van der Waals surface area contributed by atoms with E-state index < -0.39 is 109 Å². The molecule has 5 rings (SSSR count). The molecule has 0 radical (unpaired) electrons.